The van der Waals surface area contributed by atoms with Gasteiger partial charge in [0.2, 0.25) is 0 Å². The predicted molar refractivity (Wildman–Crippen MR) is 152 cm³/mol. The number of hydrogen-bond donors (Lipinski definition) is 1. The van der Waals surface area contributed by atoms with E-state index in [1.165, 1.54) is 28.8 Å². The first kappa shape index (κ1) is 25.3. The van der Waals surface area contributed by atoms with Gasteiger partial charge in [-0.2, -0.15) is 0 Å². The van der Waals surface area contributed by atoms with Crippen LogP contribution in [0.4, 0.5) is 11.4 Å². The first-order chi connectivity index (χ1) is 18.5. The van der Waals surface area contributed by atoms with Crippen molar-refractivity contribution >= 4 is 57.9 Å². The molecular formula is C30H21ClN2O4S. The van der Waals surface area contributed by atoms with Gasteiger partial charge in [-0.1, -0.05) is 66.2 Å². The van der Waals surface area contributed by atoms with E-state index in [9.17, 15) is 14.7 Å². The second-order valence-corrected chi connectivity index (χ2v) is 9.74. The Morgan fingerprint density at radius 2 is 1.68 bits per heavy atom. The minimum Gasteiger partial charge on any atom is -0.488 e. The lowest BCUT2D eigenvalue weighted by molar-refractivity contribution is -0.113. The van der Waals surface area contributed by atoms with Crippen LogP contribution >= 0.6 is 23.4 Å². The molecule has 38 heavy (non-hydrogen) atoms. The van der Waals surface area contributed by atoms with Crippen LogP contribution in [0.3, 0.4) is 0 Å². The minimum absolute atomic E-state index is 0.120. The summed E-state index contributed by atoms with van der Waals surface area (Å²) < 4.78 is 6.07. The van der Waals surface area contributed by atoms with Crippen LogP contribution < -0.4 is 9.64 Å². The van der Waals surface area contributed by atoms with Gasteiger partial charge in [-0.05, 0) is 71.9 Å². The maximum absolute atomic E-state index is 13.6. The van der Waals surface area contributed by atoms with Crippen molar-refractivity contribution in [1.82, 2.24) is 0 Å². The van der Waals surface area contributed by atoms with Crippen molar-refractivity contribution < 1.29 is 19.4 Å². The normalized spacial score (nSPS) is 15.3. The van der Waals surface area contributed by atoms with Crippen LogP contribution in [-0.4, -0.2) is 22.2 Å². The molecule has 0 bridgehead atoms. The zero-order chi connectivity index (χ0) is 26.5. The zero-order valence-electron chi connectivity index (χ0n) is 20.0. The highest BCUT2D eigenvalue weighted by Gasteiger charge is 2.35. The SMILES string of the molecule is O=C(O)c1cccc(N=C2S/C(=C\c3ccccc3OCc3ccc(Cl)cc3)C(=O)N2c2ccccc2)c1. The van der Waals surface area contributed by atoms with E-state index >= 15 is 0 Å². The summed E-state index contributed by atoms with van der Waals surface area (Å²) in [4.78, 5) is 31.7. The molecular weight excluding hydrogens is 520 g/mol. The number of rotatable bonds is 7. The number of carboxylic acids is 1. The summed E-state index contributed by atoms with van der Waals surface area (Å²) in [6, 6.07) is 30.5. The number of anilines is 1. The molecule has 0 aliphatic carbocycles. The lowest BCUT2D eigenvalue weighted by Gasteiger charge is -2.15. The smallest absolute Gasteiger partial charge is 0.335 e. The van der Waals surface area contributed by atoms with E-state index in [1.54, 1.807) is 18.2 Å². The molecule has 4 aromatic rings. The van der Waals surface area contributed by atoms with Crippen molar-refractivity contribution in [2.75, 3.05) is 4.90 Å². The quantitative estimate of drug-likeness (QED) is 0.247. The first-order valence-corrected chi connectivity index (χ1v) is 12.8. The van der Waals surface area contributed by atoms with Gasteiger partial charge in [0.25, 0.3) is 5.91 Å². The Hall–Kier alpha value is -4.33. The summed E-state index contributed by atoms with van der Waals surface area (Å²) in [6.45, 7) is 0.348. The molecule has 1 heterocycles. The molecule has 4 aromatic carbocycles. The fourth-order valence-corrected chi connectivity index (χ4v) is 4.90. The monoisotopic (exact) mass is 540 g/mol. The highest BCUT2D eigenvalue weighted by molar-refractivity contribution is 8.19. The largest absolute Gasteiger partial charge is 0.488 e. The predicted octanol–water partition coefficient (Wildman–Crippen LogP) is 7.43. The molecule has 6 nitrogen and oxygen atoms in total. The molecule has 1 saturated heterocycles. The molecule has 0 atom stereocenters. The molecule has 0 saturated carbocycles. The molecule has 5 rings (SSSR count). The average Bonchev–Trinajstić information content (AvgIpc) is 3.23. The Kier molecular flexibility index (Phi) is 7.58. The first-order valence-electron chi connectivity index (χ1n) is 11.7. The van der Waals surface area contributed by atoms with E-state index < -0.39 is 5.97 Å². The lowest BCUT2D eigenvalue weighted by atomic mass is 10.1. The Bertz CT molecular complexity index is 1550. The Morgan fingerprint density at radius 3 is 2.45 bits per heavy atom. The van der Waals surface area contributed by atoms with E-state index in [4.69, 9.17) is 16.3 Å². The standard InChI is InChI=1S/C30H21ClN2O4S/c31-23-15-13-20(14-16-23)19-37-26-12-5-4-7-21(26)18-27-28(34)33(25-10-2-1-3-11-25)30(38-27)32-24-9-6-8-22(17-24)29(35)36/h1-18H,19H2,(H,35,36)/b27-18-,32-30?. The number of carboxylic acid groups (broad SMARTS) is 1. The van der Waals surface area contributed by atoms with Gasteiger partial charge in [0.15, 0.2) is 5.17 Å². The van der Waals surface area contributed by atoms with Crippen molar-refractivity contribution in [1.29, 1.82) is 0 Å². The summed E-state index contributed by atoms with van der Waals surface area (Å²) in [6.07, 6.45) is 1.79. The number of aromatic carboxylic acids is 1. The number of amidine groups is 1. The summed E-state index contributed by atoms with van der Waals surface area (Å²) in [5.41, 5.74) is 2.94. The van der Waals surface area contributed by atoms with Crippen molar-refractivity contribution in [3.05, 3.63) is 130 Å². The maximum Gasteiger partial charge on any atom is 0.335 e. The second kappa shape index (κ2) is 11.4. The van der Waals surface area contributed by atoms with Gasteiger partial charge in [-0.3, -0.25) is 9.69 Å². The van der Waals surface area contributed by atoms with Crippen LogP contribution in [0.2, 0.25) is 5.02 Å². The topological polar surface area (TPSA) is 79.2 Å². The molecule has 1 N–H and O–H groups in total. The molecule has 0 unspecified atom stereocenters. The number of hydrogen-bond acceptors (Lipinski definition) is 5. The molecule has 0 spiro atoms. The number of para-hydroxylation sites is 2. The summed E-state index contributed by atoms with van der Waals surface area (Å²) >= 11 is 7.20. The molecule has 0 radical (unpaired) electrons. The van der Waals surface area contributed by atoms with Crippen LogP contribution in [-0.2, 0) is 11.4 Å². The molecule has 1 aliphatic heterocycles. The third-order valence-corrected chi connectivity index (χ3v) is 6.87. The van der Waals surface area contributed by atoms with Gasteiger partial charge >= 0.3 is 5.97 Å². The molecule has 1 amide bonds. The zero-order valence-corrected chi connectivity index (χ0v) is 21.5. The van der Waals surface area contributed by atoms with Gasteiger partial charge in [0.1, 0.15) is 12.4 Å². The highest BCUT2D eigenvalue weighted by atomic mass is 35.5. The number of nitrogens with zero attached hydrogens (tertiary/aromatic N) is 2. The van der Waals surface area contributed by atoms with Crippen LogP contribution in [0, 0.1) is 0 Å². The van der Waals surface area contributed by atoms with Gasteiger partial charge in [-0.15, -0.1) is 0 Å². The Morgan fingerprint density at radius 1 is 0.947 bits per heavy atom. The van der Waals surface area contributed by atoms with Crippen molar-refractivity contribution in [2.45, 2.75) is 6.61 Å². The number of halogens is 1. The maximum atomic E-state index is 13.6. The summed E-state index contributed by atoms with van der Waals surface area (Å²) in [5.74, 6) is -0.645. The number of benzene rings is 4. The van der Waals surface area contributed by atoms with Gasteiger partial charge < -0.3 is 9.84 Å². The van der Waals surface area contributed by atoms with E-state index in [2.05, 4.69) is 4.99 Å². The fourth-order valence-electron chi connectivity index (χ4n) is 3.79. The Labute approximate surface area is 228 Å². The van der Waals surface area contributed by atoms with Crippen molar-refractivity contribution in [3.63, 3.8) is 0 Å². The molecule has 1 aliphatic rings. The van der Waals surface area contributed by atoms with Crippen LogP contribution in [0.15, 0.2) is 113 Å². The molecule has 0 aromatic heterocycles. The highest BCUT2D eigenvalue weighted by Crippen LogP contribution is 2.38. The number of thioether (sulfide) groups is 1. The number of ether oxygens (including phenoxy) is 1. The van der Waals surface area contributed by atoms with Gasteiger partial charge in [0.05, 0.1) is 21.8 Å². The number of carbonyl (C=O) groups is 2. The Balaban J connectivity index is 1.48. The van der Waals surface area contributed by atoms with E-state index in [0.29, 0.717) is 38.8 Å². The third kappa shape index (κ3) is 5.80. The summed E-state index contributed by atoms with van der Waals surface area (Å²) in [7, 11) is 0. The molecule has 1 fully saturated rings. The molecule has 188 valence electrons. The van der Waals surface area contributed by atoms with E-state index in [1.807, 2.05) is 78.9 Å². The van der Waals surface area contributed by atoms with Crippen molar-refractivity contribution in [2.24, 2.45) is 4.99 Å². The summed E-state index contributed by atoms with van der Waals surface area (Å²) in [5, 5.41) is 10.4. The van der Waals surface area contributed by atoms with Gasteiger partial charge in [0, 0.05) is 10.6 Å². The lowest BCUT2D eigenvalue weighted by Crippen LogP contribution is -2.28. The van der Waals surface area contributed by atoms with Crippen molar-refractivity contribution in [3.8, 4) is 5.75 Å². The number of amides is 1. The average molecular weight is 541 g/mol. The van der Waals surface area contributed by atoms with E-state index in [0.717, 1.165) is 11.1 Å². The van der Waals surface area contributed by atoms with Gasteiger partial charge in [-0.25, -0.2) is 9.79 Å². The second-order valence-electron chi connectivity index (χ2n) is 8.29. The number of aliphatic imine (C=N–C) groups is 1. The van der Waals surface area contributed by atoms with E-state index in [-0.39, 0.29) is 11.5 Å². The van der Waals surface area contributed by atoms with Crippen LogP contribution in [0.5, 0.6) is 5.75 Å². The minimum atomic E-state index is -1.04. The van der Waals surface area contributed by atoms with Crippen LogP contribution in [0.25, 0.3) is 6.08 Å². The number of carbonyl (C=O) groups excluding carboxylic acids is 1. The third-order valence-electron chi connectivity index (χ3n) is 5.65. The molecule has 8 heteroatoms. The fraction of sp³-hybridized carbons (Fsp3) is 0.0333. The van der Waals surface area contributed by atoms with Crippen LogP contribution in [0.1, 0.15) is 21.5 Å².